The zero-order valence-corrected chi connectivity index (χ0v) is 9.39. The van der Waals surface area contributed by atoms with Crippen LogP contribution in [0.25, 0.3) is 0 Å². The van der Waals surface area contributed by atoms with Gasteiger partial charge in [0.2, 0.25) is 0 Å². The molecule has 1 rings (SSSR count). The lowest BCUT2D eigenvalue weighted by Gasteiger charge is -2.24. The largest absolute Gasteiger partial charge is 0.506 e. The smallest absolute Gasteiger partial charge is 0.141 e. The van der Waals surface area contributed by atoms with Crippen LogP contribution in [0.1, 0.15) is 32.8 Å². The molecule has 0 aliphatic rings. The first-order chi connectivity index (χ1) is 6.40. The molecule has 0 fully saturated rings. The topological polar surface area (TPSA) is 40.5 Å². The van der Waals surface area contributed by atoms with E-state index in [4.69, 9.17) is 11.6 Å². The Morgan fingerprint density at radius 1 is 1.29 bits per heavy atom. The van der Waals surface area contributed by atoms with Gasteiger partial charge in [0.05, 0.1) is 0 Å². The molecule has 0 bridgehead atoms. The van der Waals surface area contributed by atoms with Gasteiger partial charge in [-0.2, -0.15) is 0 Å². The summed E-state index contributed by atoms with van der Waals surface area (Å²) >= 11 is 5.75. The molecule has 14 heavy (non-hydrogen) atoms. The van der Waals surface area contributed by atoms with Crippen molar-refractivity contribution in [3.63, 3.8) is 0 Å². The van der Waals surface area contributed by atoms with Crippen molar-refractivity contribution < 1.29 is 10.2 Å². The maximum Gasteiger partial charge on any atom is 0.141 e. The van der Waals surface area contributed by atoms with Crippen LogP contribution in [0, 0.1) is 0 Å². The SMILES string of the molecule is CCC(C)(C)c1ccc(O)c(Cl)c1O. The van der Waals surface area contributed by atoms with Crippen LogP contribution >= 0.6 is 11.6 Å². The molecule has 0 aliphatic carbocycles. The molecule has 0 saturated heterocycles. The predicted molar refractivity (Wildman–Crippen MR) is 58.1 cm³/mol. The third-order valence-electron chi connectivity index (χ3n) is 2.71. The van der Waals surface area contributed by atoms with Crippen LogP contribution in [-0.4, -0.2) is 10.2 Å². The number of aromatic hydroxyl groups is 2. The van der Waals surface area contributed by atoms with E-state index in [0.29, 0.717) is 0 Å². The van der Waals surface area contributed by atoms with Gasteiger partial charge in [0.25, 0.3) is 0 Å². The molecule has 2 N–H and O–H groups in total. The quantitative estimate of drug-likeness (QED) is 0.792. The van der Waals surface area contributed by atoms with E-state index in [2.05, 4.69) is 0 Å². The molecule has 0 atom stereocenters. The fourth-order valence-corrected chi connectivity index (χ4v) is 1.46. The van der Waals surface area contributed by atoms with Gasteiger partial charge in [0, 0.05) is 5.56 Å². The summed E-state index contributed by atoms with van der Waals surface area (Å²) in [7, 11) is 0. The van der Waals surface area contributed by atoms with Crippen LogP contribution in [0.5, 0.6) is 11.5 Å². The molecule has 0 amide bonds. The van der Waals surface area contributed by atoms with Crippen LogP contribution in [0.15, 0.2) is 12.1 Å². The Kier molecular flexibility index (Phi) is 2.95. The van der Waals surface area contributed by atoms with E-state index >= 15 is 0 Å². The van der Waals surface area contributed by atoms with Crippen molar-refractivity contribution in [3.05, 3.63) is 22.7 Å². The summed E-state index contributed by atoms with van der Waals surface area (Å²) in [4.78, 5) is 0. The van der Waals surface area contributed by atoms with Crippen molar-refractivity contribution in [1.82, 2.24) is 0 Å². The molecule has 0 heterocycles. The highest BCUT2D eigenvalue weighted by molar-refractivity contribution is 6.33. The minimum absolute atomic E-state index is 0.0153. The highest BCUT2D eigenvalue weighted by Crippen LogP contribution is 2.41. The lowest BCUT2D eigenvalue weighted by Crippen LogP contribution is -2.15. The van der Waals surface area contributed by atoms with Crippen LogP contribution < -0.4 is 0 Å². The van der Waals surface area contributed by atoms with Crippen molar-refractivity contribution in [1.29, 1.82) is 0 Å². The first-order valence-electron chi connectivity index (χ1n) is 4.61. The molecule has 0 aromatic heterocycles. The monoisotopic (exact) mass is 214 g/mol. The van der Waals surface area contributed by atoms with Crippen molar-refractivity contribution in [2.75, 3.05) is 0 Å². The van der Waals surface area contributed by atoms with Gasteiger partial charge in [-0.25, -0.2) is 0 Å². The van der Waals surface area contributed by atoms with Crippen molar-refractivity contribution >= 4 is 11.6 Å². The number of hydrogen-bond acceptors (Lipinski definition) is 2. The van der Waals surface area contributed by atoms with Gasteiger partial charge >= 0.3 is 0 Å². The van der Waals surface area contributed by atoms with Crippen LogP contribution in [0.3, 0.4) is 0 Å². The molecule has 0 saturated carbocycles. The zero-order valence-electron chi connectivity index (χ0n) is 8.63. The van der Waals surface area contributed by atoms with E-state index in [1.165, 1.54) is 6.07 Å². The van der Waals surface area contributed by atoms with E-state index in [9.17, 15) is 10.2 Å². The second-order valence-corrected chi connectivity index (χ2v) is 4.41. The summed E-state index contributed by atoms with van der Waals surface area (Å²) in [5.74, 6) is -0.0988. The zero-order chi connectivity index (χ0) is 10.9. The summed E-state index contributed by atoms with van der Waals surface area (Å²) in [6.07, 6.45) is 0.891. The number of halogens is 1. The number of rotatable bonds is 2. The van der Waals surface area contributed by atoms with E-state index in [1.807, 2.05) is 20.8 Å². The van der Waals surface area contributed by atoms with E-state index in [-0.39, 0.29) is 21.9 Å². The van der Waals surface area contributed by atoms with Gasteiger partial charge in [-0.05, 0) is 17.9 Å². The van der Waals surface area contributed by atoms with Crippen LogP contribution in [0.4, 0.5) is 0 Å². The normalized spacial score (nSPS) is 11.7. The fourth-order valence-electron chi connectivity index (χ4n) is 1.29. The van der Waals surface area contributed by atoms with E-state index < -0.39 is 0 Å². The number of hydrogen-bond donors (Lipinski definition) is 2. The maximum atomic E-state index is 9.75. The van der Waals surface area contributed by atoms with Crippen molar-refractivity contribution in [2.45, 2.75) is 32.6 Å². The minimum Gasteiger partial charge on any atom is -0.506 e. The first kappa shape index (κ1) is 11.2. The van der Waals surface area contributed by atoms with Crippen LogP contribution in [-0.2, 0) is 5.41 Å². The standard InChI is InChI=1S/C11H15ClO2/c1-4-11(2,3)7-5-6-8(13)9(12)10(7)14/h5-6,13-14H,4H2,1-3H3. The summed E-state index contributed by atoms with van der Waals surface area (Å²) in [6.45, 7) is 6.09. The Morgan fingerprint density at radius 2 is 1.86 bits per heavy atom. The van der Waals surface area contributed by atoms with Gasteiger partial charge in [0.15, 0.2) is 0 Å². The predicted octanol–water partition coefficient (Wildman–Crippen LogP) is 3.44. The lowest BCUT2D eigenvalue weighted by molar-refractivity contribution is 0.419. The van der Waals surface area contributed by atoms with Gasteiger partial charge < -0.3 is 10.2 Å². The first-order valence-corrected chi connectivity index (χ1v) is 4.99. The second kappa shape index (κ2) is 3.70. The molecule has 0 radical (unpaired) electrons. The van der Waals surface area contributed by atoms with Gasteiger partial charge in [0.1, 0.15) is 16.5 Å². The number of benzene rings is 1. The van der Waals surface area contributed by atoms with Gasteiger partial charge in [-0.15, -0.1) is 0 Å². The lowest BCUT2D eigenvalue weighted by atomic mass is 9.81. The van der Waals surface area contributed by atoms with Crippen molar-refractivity contribution in [3.8, 4) is 11.5 Å². The van der Waals surface area contributed by atoms with E-state index in [1.54, 1.807) is 6.07 Å². The third-order valence-corrected chi connectivity index (χ3v) is 3.08. The minimum atomic E-state index is -0.137. The molecule has 0 spiro atoms. The second-order valence-electron chi connectivity index (χ2n) is 4.03. The molecule has 2 nitrogen and oxygen atoms in total. The summed E-state index contributed by atoms with van der Waals surface area (Å²) in [5, 5.41) is 19.1. The Morgan fingerprint density at radius 3 is 2.36 bits per heavy atom. The molecule has 1 aromatic carbocycles. The van der Waals surface area contributed by atoms with Gasteiger partial charge in [-0.1, -0.05) is 38.4 Å². The average molecular weight is 215 g/mol. The van der Waals surface area contributed by atoms with E-state index in [0.717, 1.165) is 12.0 Å². The summed E-state index contributed by atoms with van der Waals surface area (Å²) in [6, 6.07) is 3.22. The molecular weight excluding hydrogens is 200 g/mol. The molecule has 0 aliphatic heterocycles. The molecule has 3 heteroatoms. The summed E-state index contributed by atoms with van der Waals surface area (Å²) in [5.41, 5.74) is 0.629. The summed E-state index contributed by atoms with van der Waals surface area (Å²) < 4.78 is 0. The van der Waals surface area contributed by atoms with Crippen molar-refractivity contribution in [2.24, 2.45) is 0 Å². The molecule has 0 unspecified atom stereocenters. The number of phenols is 2. The van der Waals surface area contributed by atoms with Gasteiger partial charge in [-0.3, -0.25) is 0 Å². The molecular formula is C11H15ClO2. The fraction of sp³-hybridized carbons (Fsp3) is 0.455. The molecule has 1 aromatic rings. The average Bonchev–Trinajstić information content (AvgIpc) is 2.14. The Labute approximate surface area is 89.1 Å². The Hall–Kier alpha value is -0.890. The maximum absolute atomic E-state index is 9.75. The Balaban J connectivity index is 3.31. The highest BCUT2D eigenvalue weighted by atomic mass is 35.5. The number of phenolic OH excluding ortho intramolecular Hbond substituents is 2. The van der Waals surface area contributed by atoms with Crippen LogP contribution in [0.2, 0.25) is 5.02 Å². The Bertz CT molecular complexity index is 345. The molecule has 78 valence electrons. The highest BCUT2D eigenvalue weighted by Gasteiger charge is 2.24. The third kappa shape index (κ3) is 1.80.